The topological polar surface area (TPSA) is 47.6 Å². The molecule has 1 N–H and O–H groups in total. The molecule has 0 radical (unpaired) electrons. The second-order valence-corrected chi connectivity index (χ2v) is 4.79. The van der Waals surface area contributed by atoms with Crippen molar-refractivity contribution in [2.75, 3.05) is 6.79 Å². The largest absolute Gasteiger partial charge is 0.454 e. The highest BCUT2D eigenvalue weighted by Crippen LogP contribution is 2.34. The van der Waals surface area contributed by atoms with E-state index in [1.54, 1.807) is 18.2 Å². The van der Waals surface area contributed by atoms with Crippen molar-refractivity contribution in [3.05, 3.63) is 59.4 Å². The number of carbonyl (C=O) groups is 1. The third-order valence-corrected chi connectivity index (χ3v) is 3.36. The van der Waals surface area contributed by atoms with Gasteiger partial charge in [0, 0.05) is 0 Å². The van der Waals surface area contributed by atoms with Gasteiger partial charge in [-0.25, -0.2) is 4.39 Å². The first-order valence-electron chi connectivity index (χ1n) is 6.60. The number of amides is 1. The van der Waals surface area contributed by atoms with Crippen molar-refractivity contribution in [3.8, 4) is 11.5 Å². The van der Waals surface area contributed by atoms with Gasteiger partial charge in [-0.3, -0.25) is 4.79 Å². The van der Waals surface area contributed by atoms with E-state index >= 15 is 0 Å². The smallest absolute Gasteiger partial charge is 0.254 e. The lowest BCUT2D eigenvalue weighted by atomic mass is 10.1. The van der Waals surface area contributed by atoms with Crippen LogP contribution in [0, 0.1) is 5.82 Å². The molecule has 21 heavy (non-hydrogen) atoms. The Kier molecular flexibility index (Phi) is 3.48. The number of ether oxygens (including phenoxy) is 2. The summed E-state index contributed by atoms with van der Waals surface area (Å²) in [5, 5.41) is 2.77. The van der Waals surface area contributed by atoms with E-state index in [-0.39, 0.29) is 18.4 Å². The first-order valence-corrected chi connectivity index (χ1v) is 6.60. The lowest BCUT2D eigenvalue weighted by Gasteiger charge is -2.15. The maximum atomic E-state index is 13.6. The number of carbonyl (C=O) groups excluding carboxylic acids is 1. The third kappa shape index (κ3) is 2.67. The molecule has 0 spiro atoms. The van der Waals surface area contributed by atoms with E-state index < -0.39 is 11.7 Å². The molecule has 0 bridgehead atoms. The minimum atomic E-state index is -0.534. The Hall–Kier alpha value is -2.56. The highest BCUT2D eigenvalue weighted by atomic mass is 19.1. The van der Waals surface area contributed by atoms with Gasteiger partial charge < -0.3 is 14.8 Å². The molecule has 0 aliphatic carbocycles. The maximum Gasteiger partial charge on any atom is 0.254 e. The van der Waals surface area contributed by atoms with Crippen molar-refractivity contribution in [2.24, 2.45) is 0 Å². The molecule has 0 saturated heterocycles. The van der Waals surface area contributed by atoms with Crippen LogP contribution in [-0.2, 0) is 0 Å². The Balaban J connectivity index is 1.76. The van der Waals surface area contributed by atoms with Crippen LogP contribution in [0.3, 0.4) is 0 Å². The van der Waals surface area contributed by atoms with Gasteiger partial charge >= 0.3 is 0 Å². The van der Waals surface area contributed by atoms with Crippen molar-refractivity contribution < 1.29 is 18.7 Å². The van der Waals surface area contributed by atoms with Crippen molar-refractivity contribution in [3.63, 3.8) is 0 Å². The van der Waals surface area contributed by atoms with Crippen molar-refractivity contribution in [1.29, 1.82) is 0 Å². The molecule has 0 saturated carbocycles. The van der Waals surface area contributed by atoms with Crippen molar-refractivity contribution >= 4 is 5.91 Å². The van der Waals surface area contributed by atoms with Crippen LogP contribution in [0.4, 0.5) is 4.39 Å². The van der Waals surface area contributed by atoms with E-state index in [4.69, 9.17) is 9.47 Å². The molecule has 3 rings (SSSR count). The van der Waals surface area contributed by atoms with Crippen molar-refractivity contribution in [2.45, 2.75) is 13.0 Å². The predicted octanol–water partition coefficient (Wildman–Crippen LogP) is 3.05. The predicted molar refractivity (Wildman–Crippen MR) is 74.8 cm³/mol. The van der Waals surface area contributed by atoms with Crippen LogP contribution in [0.1, 0.15) is 28.9 Å². The molecule has 0 unspecified atom stereocenters. The van der Waals surface area contributed by atoms with Gasteiger partial charge in [0.25, 0.3) is 5.91 Å². The third-order valence-electron chi connectivity index (χ3n) is 3.36. The second kappa shape index (κ2) is 5.44. The van der Waals surface area contributed by atoms with E-state index in [9.17, 15) is 9.18 Å². The average Bonchev–Trinajstić information content (AvgIpc) is 2.94. The van der Waals surface area contributed by atoms with Crippen LogP contribution in [0.5, 0.6) is 11.5 Å². The van der Waals surface area contributed by atoms with Gasteiger partial charge in [0.2, 0.25) is 6.79 Å². The molecular formula is C16H14FNO3. The summed E-state index contributed by atoms with van der Waals surface area (Å²) in [5.41, 5.74) is 0.897. The summed E-state index contributed by atoms with van der Waals surface area (Å²) in [4.78, 5) is 12.1. The van der Waals surface area contributed by atoms with Gasteiger partial charge in [-0.1, -0.05) is 18.2 Å². The van der Waals surface area contributed by atoms with Crippen LogP contribution >= 0.6 is 0 Å². The molecule has 0 fully saturated rings. The van der Waals surface area contributed by atoms with Gasteiger partial charge in [-0.15, -0.1) is 0 Å². The van der Waals surface area contributed by atoms with Crippen LogP contribution in [0.2, 0.25) is 0 Å². The molecule has 1 atom stereocenters. The van der Waals surface area contributed by atoms with Crippen LogP contribution < -0.4 is 14.8 Å². The van der Waals surface area contributed by atoms with Crippen LogP contribution in [0.15, 0.2) is 42.5 Å². The monoisotopic (exact) mass is 287 g/mol. The summed E-state index contributed by atoms with van der Waals surface area (Å²) in [6.07, 6.45) is 0. The normalized spacial score (nSPS) is 13.8. The summed E-state index contributed by atoms with van der Waals surface area (Å²) in [6, 6.07) is 11.1. The fraction of sp³-hybridized carbons (Fsp3) is 0.188. The summed E-state index contributed by atoms with van der Waals surface area (Å²) >= 11 is 0. The summed E-state index contributed by atoms with van der Waals surface area (Å²) in [7, 11) is 0. The van der Waals surface area contributed by atoms with Crippen molar-refractivity contribution in [1.82, 2.24) is 5.32 Å². The van der Waals surface area contributed by atoms with E-state index in [0.717, 1.165) is 5.56 Å². The lowest BCUT2D eigenvalue weighted by Crippen LogP contribution is -2.27. The number of fused-ring (bicyclic) bond motifs is 1. The molecule has 2 aromatic carbocycles. The standard InChI is InChI=1S/C16H14FNO3/c1-10(11-6-7-14-15(8-11)21-9-20-14)18-16(19)12-4-2-3-5-13(12)17/h2-8,10H,9H2,1H3,(H,18,19)/t10-/m1/s1. The highest BCUT2D eigenvalue weighted by molar-refractivity contribution is 5.94. The molecule has 108 valence electrons. The Morgan fingerprint density at radius 2 is 1.95 bits per heavy atom. The molecule has 1 aliphatic rings. The quantitative estimate of drug-likeness (QED) is 0.944. The first-order chi connectivity index (χ1) is 10.1. The van der Waals surface area contributed by atoms with Gasteiger partial charge in [0.05, 0.1) is 11.6 Å². The molecule has 1 aliphatic heterocycles. The fourth-order valence-electron chi connectivity index (χ4n) is 2.19. The van der Waals surface area contributed by atoms with Gasteiger partial charge in [-0.2, -0.15) is 0 Å². The molecule has 5 heteroatoms. The number of hydrogen-bond acceptors (Lipinski definition) is 3. The number of rotatable bonds is 3. The first kappa shape index (κ1) is 13.4. The summed E-state index contributed by atoms with van der Waals surface area (Å²) < 4.78 is 24.1. The zero-order valence-corrected chi connectivity index (χ0v) is 11.4. The Morgan fingerprint density at radius 3 is 2.76 bits per heavy atom. The highest BCUT2D eigenvalue weighted by Gasteiger charge is 2.18. The van der Waals surface area contributed by atoms with E-state index in [1.807, 2.05) is 19.1 Å². The zero-order valence-electron chi connectivity index (χ0n) is 11.4. The lowest BCUT2D eigenvalue weighted by molar-refractivity contribution is 0.0935. The van der Waals surface area contributed by atoms with E-state index in [2.05, 4.69) is 5.32 Å². The summed E-state index contributed by atoms with van der Waals surface area (Å²) in [6.45, 7) is 2.03. The van der Waals surface area contributed by atoms with Gasteiger partial charge in [-0.05, 0) is 36.8 Å². The Bertz CT molecular complexity index is 687. The average molecular weight is 287 g/mol. The molecule has 2 aromatic rings. The van der Waals surface area contributed by atoms with Gasteiger partial charge in [0.1, 0.15) is 5.82 Å². The van der Waals surface area contributed by atoms with Gasteiger partial charge in [0.15, 0.2) is 11.5 Å². The van der Waals surface area contributed by atoms with Crippen LogP contribution in [-0.4, -0.2) is 12.7 Å². The Labute approximate surface area is 121 Å². The number of benzene rings is 2. The minimum absolute atomic E-state index is 0.0325. The van der Waals surface area contributed by atoms with E-state index in [0.29, 0.717) is 11.5 Å². The molecule has 1 heterocycles. The van der Waals surface area contributed by atoms with Crippen LogP contribution in [0.25, 0.3) is 0 Å². The molecule has 4 nitrogen and oxygen atoms in total. The molecule has 0 aromatic heterocycles. The second-order valence-electron chi connectivity index (χ2n) is 4.79. The SMILES string of the molecule is C[C@@H](NC(=O)c1ccccc1F)c1ccc2c(c1)OCO2. The summed E-state index contributed by atoms with van der Waals surface area (Å²) in [5.74, 6) is 0.358. The molecule has 1 amide bonds. The number of hydrogen-bond donors (Lipinski definition) is 1. The zero-order chi connectivity index (χ0) is 14.8. The van der Waals surface area contributed by atoms with E-state index in [1.165, 1.54) is 12.1 Å². The maximum absolute atomic E-state index is 13.6. The Morgan fingerprint density at radius 1 is 1.19 bits per heavy atom. The number of nitrogens with one attached hydrogen (secondary N) is 1. The fourth-order valence-corrected chi connectivity index (χ4v) is 2.19. The molecular weight excluding hydrogens is 273 g/mol. The minimum Gasteiger partial charge on any atom is -0.454 e. The number of halogens is 1.